The van der Waals surface area contributed by atoms with Gasteiger partial charge in [0.1, 0.15) is 11.0 Å². The second-order valence-electron chi connectivity index (χ2n) is 3.42. The van der Waals surface area contributed by atoms with Crippen LogP contribution in [0, 0.1) is 0 Å². The highest BCUT2D eigenvalue weighted by Crippen LogP contribution is 2.07. The molecule has 0 amide bonds. The first-order valence-electron chi connectivity index (χ1n) is 4.73. The van der Waals surface area contributed by atoms with Crippen LogP contribution >= 0.6 is 0 Å². The van der Waals surface area contributed by atoms with Gasteiger partial charge in [0.2, 0.25) is 0 Å². The van der Waals surface area contributed by atoms with E-state index in [1.165, 1.54) is 0 Å². The van der Waals surface area contributed by atoms with Crippen molar-refractivity contribution in [1.29, 1.82) is 0 Å². The van der Waals surface area contributed by atoms with Crippen LogP contribution in [0.15, 0.2) is 24.3 Å². The molecule has 0 aliphatic rings. The Bertz CT molecular complexity index is 389. The van der Waals surface area contributed by atoms with Crippen LogP contribution in [0.5, 0.6) is 0 Å². The maximum atomic E-state index is 9.12. The van der Waals surface area contributed by atoms with E-state index in [2.05, 4.69) is 10.2 Å². The first kappa shape index (κ1) is 9.15. The van der Waals surface area contributed by atoms with Crippen molar-refractivity contribution in [2.75, 3.05) is 0 Å². The molecule has 1 aromatic heterocycles. The van der Waals surface area contributed by atoms with Gasteiger partial charge < -0.3 is 5.11 Å². The molecule has 0 aliphatic carbocycles. The van der Waals surface area contributed by atoms with Crippen molar-refractivity contribution in [1.82, 2.24) is 15.0 Å². The summed E-state index contributed by atoms with van der Waals surface area (Å²) < 4.78 is 0. The Balaban J connectivity index is 2.19. The molecule has 0 spiro atoms. The number of rotatable bonds is 3. The van der Waals surface area contributed by atoms with Gasteiger partial charge in [0.25, 0.3) is 0 Å². The summed E-state index contributed by atoms with van der Waals surface area (Å²) in [6, 6.07) is 7.74. The lowest BCUT2D eigenvalue weighted by Gasteiger charge is -2.01. The summed E-state index contributed by atoms with van der Waals surface area (Å²) in [4.78, 5) is 1.64. The summed E-state index contributed by atoms with van der Waals surface area (Å²) >= 11 is 0. The van der Waals surface area contributed by atoms with Crippen molar-refractivity contribution >= 4 is 11.0 Å². The fourth-order valence-corrected chi connectivity index (χ4v) is 1.31. The number of aliphatic hydroxyl groups excluding tert-OH is 1. The van der Waals surface area contributed by atoms with E-state index in [-0.39, 0.29) is 6.10 Å². The van der Waals surface area contributed by atoms with E-state index in [1.807, 2.05) is 24.3 Å². The van der Waals surface area contributed by atoms with Crippen LogP contribution in [0.2, 0.25) is 0 Å². The van der Waals surface area contributed by atoms with E-state index in [1.54, 1.807) is 11.7 Å². The van der Waals surface area contributed by atoms with Crippen molar-refractivity contribution in [3.05, 3.63) is 24.3 Å². The van der Waals surface area contributed by atoms with Crippen molar-refractivity contribution in [2.24, 2.45) is 0 Å². The molecule has 0 fully saturated rings. The van der Waals surface area contributed by atoms with Crippen LogP contribution in [0.1, 0.15) is 13.3 Å². The lowest BCUT2D eigenvalue weighted by Crippen LogP contribution is -2.09. The summed E-state index contributed by atoms with van der Waals surface area (Å²) in [6.45, 7) is 2.43. The van der Waals surface area contributed by atoms with Gasteiger partial charge in [-0.2, -0.15) is 15.0 Å². The van der Waals surface area contributed by atoms with Crippen LogP contribution in [0.4, 0.5) is 0 Å². The predicted octanol–water partition coefficient (Wildman–Crippen LogP) is 1.20. The highest BCUT2D eigenvalue weighted by atomic mass is 16.3. The first-order chi connectivity index (χ1) is 6.75. The number of hydrogen-bond acceptors (Lipinski definition) is 3. The second-order valence-corrected chi connectivity index (χ2v) is 3.42. The predicted molar refractivity (Wildman–Crippen MR) is 53.8 cm³/mol. The van der Waals surface area contributed by atoms with Crippen molar-refractivity contribution < 1.29 is 5.11 Å². The molecule has 1 aromatic carbocycles. The smallest absolute Gasteiger partial charge is 0.113 e. The molecule has 0 unspecified atom stereocenters. The molecule has 14 heavy (non-hydrogen) atoms. The molecule has 0 saturated carbocycles. The van der Waals surface area contributed by atoms with Crippen LogP contribution in [0.25, 0.3) is 11.0 Å². The maximum absolute atomic E-state index is 9.12. The van der Waals surface area contributed by atoms with E-state index >= 15 is 0 Å². The van der Waals surface area contributed by atoms with Crippen molar-refractivity contribution in [3.63, 3.8) is 0 Å². The second kappa shape index (κ2) is 3.75. The van der Waals surface area contributed by atoms with Gasteiger partial charge in [-0.15, -0.1) is 0 Å². The minimum absolute atomic E-state index is 0.302. The lowest BCUT2D eigenvalue weighted by atomic mass is 10.3. The number of aryl methyl sites for hydroxylation is 1. The van der Waals surface area contributed by atoms with E-state index < -0.39 is 0 Å². The van der Waals surface area contributed by atoms with Crippen LogP contribution in [-0.2, 0) is 6.54 Å². The Morgan fingerprint density at radius 2 is 1.86 bits per heavy atom. The van der Waals surface area contributed by atoms with E-state index in [4.69, 9.17) is 5.11 Å². The SMILES string of the molecule is C[C@H](O)CCn1nc2ccccc2n1. The van der Waals surface area contributed by atoms with Crippen LogP contribution in [0.3, 0.4) is 0 Å². The Morgan fingerprint density at radius 3 is 2.36 bits per heavy atom. The normalized spacial score (nSPS) is 13.3. The molecule has 0 saturated heterocycles. The molecule has 1 heterocycles. The van der Waals surface area contributed by atoms with Gasteiger partial charge in [-0.05, 0) is 25.5 Å². The average molecular weight is 191 g/mol. The summed E-state index contributed by atoms with van der Waals surface area (Å²) in [5.74, 6) is 0. The molecule has 0 radical (unpaired) electrons. The number of fused-ring (bicyclic) bond motifs is 1. The third-order valence-corrected chi connectivity index (χ3v) is 2.07. The van der Waals surface area contributed by atoms with Crippen molar-refractivity contribution in [3.8, 4) is 0 Å². The summed E-state index contributed by atoms with van der Waals surface area (Å²) in [5, 5.41) is 17.7. The van der Waals surface area contributed by atoms with Gasteiger partial charge in [0.05, 0.1) is 12.6 Å². The molecule has 74 valence electrons. The monoisotopic (exact) mass is 191 g/mol. The quantitative estimate of drug-likeness (QED) is 0.793. The van der Waals surface area contributed by atoms with Gasteiger partial charge in [0, 0.05) is 0 Å². The highest BCUT2D eigenvalue weighted by molar-refractivity contribution is 5.72. The zero-order valence-electron chi connectivity index (χ0n) is 8.09. The zero-order chi connectivity index (χ0) is 9.97. The molecular weight excluding hydrogens is 178 g/mol. The largest absolute Gasteiger partial charge is 0.393 e. The highest BCUT2D eigenvalue weighted by Gasteiger charge is 2.02. The Labute approximate surface area is 82.2 Å². The molecule has 2 aromatic rings. The number of aliphatic hydroxyl groups is 1. The molecule has 4 heteroatoms. The van der Waals surface area contributed by atoms with Gasteiger partial charge in [-0.3, -0.25) is 0 Å². The Morgan fingerprint density at radius 1 is 1.29 bits per heavy atom. The van der Waals surface area contributed by atoms with Gasteiger partial charge in [0.15, 0.2) is 0 Å². The minimum Gasteiger partial charge on any atom is -0.393 e. The molecule has 4 nitrogen and oxygen atoms in total. The minimum atomic E-state index is -0.302. The summed E-state index contributed by atoms with van der Waals surface area (Å²) in [5.41, 5.74) is 1.80. The molecule has 0 bridgehead atoms. The standard InChI is InChI=1S/C10H13N3O/c1-8(14)6-7-13-11-9-4-2-3-5-10(9)12-13/h2-5,8,14H,6-7H2,1H3/t8-/m0/s1. The van der Waals surface area contributed by atoms with E-state index in [0.717, 1.165) is 11.0 Å². The third kappa shape index (κ3) is 1.90. The molecule has 0 aliphatic heterocycles. The molecule has 1 atom stereocenters. The third-order valence-electron chi connectivity index (χ3n) is 2.07. The molecular formula is C10H13N3O. The topological polar surface area (TPSA) is 50.9 Å². The fraction of sp³-hybridized carbons (Fsp3) is 0.400. The summed E-state index contributed by atoms with van der Waals surface area (Å²) in [7, 11) is 0. The lowest BCUT2D eigenvalue weighted by molar-refractivity contribution is 0.174. The zero-order valence-corrected chi connectivity index (χ0v) is 8.09. The Hall–Kier alpha value is -1.42. The molecule has 1 N–H and O–H groups in total. The van der Waals surface area contributed by atoms with Crippen molar-refractivity contribution in [2.45, 2.75) is 26.0 Å². The van der Waals surface area contributed by atoms with Crippen LogP contribution in [-0.4, -0.2) is 26.2 Å². The van der Waals surface area contributed by atoms with Gasteiger partial charge >= 0.3 is 0 Å². The number of nitrogens with zero attached hydrogens (tertiary/aromatic N) is 3. The van der Waals surface area contributed by atoms with E-state index in [0.29, 0.717) is 13.0 Å². The maximum Gasteiger partial charge on any atom is 0.113 e. The average Bonchev–Trinajstić information content (AvgIpc) is 2.57. The van der Waals surface area contributed by atoms with Gasteiger partial charge in [-0.25, -0.2) is 0 Å². The van der Waals surface area contributed by atoms with Gasteiger partial charge in [-0.1, -0.05) is 12.1 Å². The number of aromatic nitrogens is 3. The number of hydrogen-bond donors (Lipinski definition) is 1. The van der Waals surface area contributed by atoms with Crippen LogP contribution < -0.4 is 0 Å². The number of benzene rings is 1. The molecule has 2 rings (SSSR count). The summed E-state index contributed by atoms with van der Waals surface area (Å²) in [6.07, 6.45) is 0.380. The van der Waals surface area contributed by atoms with E-state index in [9.17, 15) is 0 Å². The fourth-order valence-electron chi connectivity index (χ4n) is 1.31. The Kier molecular flexibility index (Phi) is 2.45. The first-order valence-corrected chi connectivity index (χ1v) is 4.73.